The Morgan fingerprint density at radius 3 is 2.53 bits per heavy atom. The smallest absolute Gasteiger partial charge is 0.221 e. The van der Waals surface area contributed by atoms with E-state index in [1.54, 1.807) is 24.3 Å². The van der Waals surface area contributed by atoms with Crippen LogP contribution < -0.4 is 5.32 Å². The number of hydrogen-bond donors (Lipinski definition) is 2. The van der Waals surface area contributed by atoms with Gasteiger partial charge in [-0.3, -0.25) is 9.59 Å². The Morgan fingerprint density at radius 2 is 1.94 bits per heavy atom. The minimum Gasteiger partial charge on any atom is -0.507 e. The Hall–Kier alpha value is -2.36. The summed E-state index contributed by atoms with van der Waals surface area (Å²) in [7, 11) is 0. The Kier molecular flexibility index (Phi) is 2.78. The van der Waals surface area contributed by atoms with Crippen molar-refractivity contribution in [2.24, 2.45) is 0 Å². The van der Waals surface area contributed by atoms with Crippen molar-refractivity contribution < 1.29 is 14.7 Å². The van der Waals surface area contributed by atoms with Crippen molar-refractivity contribution in [3.05, 3.63) is 35.9 Å². The first-order valence-electron chi connectivity index (χ1n) is 5.11. The van der Waals surface area contributed by atoms with E-state index in [0.29, 0.717) is 22.7 Å². The molecule has 2 aromatic carbocycles. The molecular formula is C13H11NO3. The molecular weight excluding hydrogens is 218 g/mol. The summed E-state index contributed by atoms with van der Waals surface area (Å²) in [5, 5.41) is 13.7. The predicted molar refractivity (Wildman–Crippen MR) is 65.3 cm³/mol. The van der Waals surface area contributed by atoms with Gasteiger partial charge in [0.15, 0.2) is 6.29 Å². The third-order valence-corrected chi connectivity index (χ3v) is 2.48. The number of amides is 1. The number of hydrogen-bond acceptors (Lipinski definition) is 3. The summed E-state index contributed by atoms with van der Waals surface area (Å²) in [6, 6.07) is 8.49. The number of aldehydes is 1. The molecule has 86 valence electrons. The average molecular weight is 229 g/mol. The van der Waals surface area contributed by atoms with E-state index >= 15 is 0 Å². The molecule has 0 spiro atoms. The van der Waals surface area contributed by atoms with E-state index < -0.39 is 0 Å². The standard InChI is InChI=1S/C13H11NO3/c1-8(16)14-12-6-9(7-15)13(17)11-5-3-2-4-10(11)12/h2-7,17H,1H3,(H,14,16). The summed E-state index contributed by atoms with van der Waals surface area (Å²) >= 11 is 0. The van der Waals surface area contributed by atoms with E-state index in [-0.39, 0.29) is 17.2 Å². The summed E-state index contributed by atoms with van der Waals surface area (Å²) < 4.78 is 0. The lowest BCUT2D eigenvalue weighted by atomic mass is 10.0. The van der Waals surface area contributed by atoms with Crippen LogP contribution in [0.4, 0.5) is 5.69 Å². The number of phenols is 1. The highest BCUT2D eigenvalue weighted by Gasteiger charge is 2.11. The van der Waals surface area contributed by atoms with Crippen LogP contribution in [-0.4, -0.2) is 17.3 Å². The molecule has 0 aliphatic carbocycles. The molecule has 0 saturated carbocycles. The van der Waals surface area contributed by atoms with Gasteiger partial charge in [-0.15, -0.1) is 0 Å². The number of phenolic OH excluding ortho intramolecular Hbond substituents is 1. The van der Waals surface area contributed by atoms with E-state index in [1.165, 1.54) is 13.0 Å². The second kappa shape index (κ2) is 4.25. The molecule has 2 rings (SSSR count). The highest BCUT2D eigenvalue weighted by molar-refractivity contribution is 6.07. The zero-order chi connectivity index (χ0) is 12.4. The third kappa shape index (κ3) is 1.97. The van der Waals surface area contributed by atoms with Gasteiger partial charge in [-0.2, -0.15) is 0 Å². The molecule has 0 saturated heterocycles. The van der Waals surface area contributed by atoms with Crippen molar-refractivity contribution in [1.82, 2.24) is 0 Å². The molecule has 0 aromatic heterocycles. The first-order valence-corrected chi connectivity index (χ1v) is 5.11. The van der Waals surface area contributed by atoms with Gasteiger partial charge in [-0.05, 0) is 6.07 Å². The van der Waals surface area contributed by atoms with Crippen molar-refractivity contribution in [3.63, 3.8) is 0 Å². The first-order chi connectivity index (χ1) is 8.13. The van der Waals surface area contributed by atoms with E-state index in [0.717, 1.165) is 0 Å². The van der Waals surface area contributed by atoms with Crippen LogP contribution in [0.3, 0.4) is 0 Å². The maximum Gasteiger partial charge on any atom is 0.221 e. The summed E-state index contributed by atoms with van der Waals surface area (Å²) in [5.41, 5.74) is 0.681. The van der Waals surface area contributed by atoms with E-state index in [9.17, 15) is 14.7 Å². The highest BCUT2D eigenvalue weighted by Crippen LogP contribution is 2.33. The zero-order valence-electron chi connectivity index (χ0n) is 9.23. The molecule has 4 nitrogen and oxygen atoms in total. The van der Waals surface area contributed by atoms with Crippen LogP contribution in [-0.2, 0) is 4.79 Å². The van der Waals surface area contributed by atoms with Crippen LogP contribution in [0.25, 0.3) is 10.8 Å². The van der Waals surface area contributed by atoms with Crippen LogP contribution >= 0.6 is 0 Å². The van der Waals surface area contributed by atoms with Gasteiger partial charge in [0, 0.05) is 23.4 Å². The predicted octanol–water partition coefficient (Wildman–Crippen LogP) is 2.32. The molecule has 0 aliphatic rings. The van der Waals surface area contributed by atoms with Crippen molar-refractivity contribution in [1.29, 1.82) is 0 Å². The number of carbonyl (C=O) groups is 2. The van der Waals surface area contributed by atoms with Gasteiger partial charge < -0.3 is 10.4 Å². The maximum atomic E-state index is 11.1. The van der Waals surface area contributed by atoms with Gasteiger partial charge in [-0.25, -0.2) is 0 Å². The highest BCUT2D eigenvalue weighted by atomic mass is 16.3. The molecule has 0 radical (unpaired) electrons. The van der Waals surface area contributed by atoms with Crippen LogP contribution in [0.2, 0.25) is 0 Å². The van der Waals surface area contributed by atoms with Gasteiger partial charge in [0.05, 0.1) is 5.56 Å². The fourth-order valence-electron chi connectivity index (χ4n) is 1.76. The maximum absolute atomic E-state index is 11.1. The largest absolute Gasteiger partial charge is 0.507 e. The minimum atomic E-state index is -0.224. The topological polar surface area (TPSA) is 66.4 Å². The van der Waals surface area contributed by atoms with Crippen molar-refractivity contribution in [2.45, 2.75) is 6.92 Å². The number of rotatable bonds is 2. The Bertz CT molecular complexity index is 605. The monoisotopic (exact) mass is 229 g/mol. The fourth-order valence-corrected chi connectivity index (χ4v) is 1.76. The van der Waals surface area contributed by atoms with Gasteiger partial charge in [0.2, 0.25) is 5.91 Å². The molecule has 0 unspecified atom stereocenters. The van der Waals surface area contributed by atoms with Gasteiger partial charge in [0.25, 0.3) is 0 Å². The molecule has 1 amide bonds. The van der Waals surface area contributed by atoms with Crippen LogP contribution in [0.5, 0.6) is 5.75 Å². The summed E-state index contributed by atoms with van der Waals surface area (Å²) in [6.07, 6.45) is 0.563. The molecule has 17 heavy (non-hydrogen) atoms. The van der Waals surface area contributed by atoms with Crippen LogP contribution in [0, 0.1) is 0 Å². The lowest BCUT2D eigenvalue weighted by molar-refractivity contribution is -0.114. The van der Waals surface area contributed by atoms with Crippen molar-refractivity contribution >= 4 is 28.7 Å². The third-order valence-electron chi connectivity index (χ3n) is 2.48. The number of carbonyl (C=O) groups excluding carboxylic acids is 2. The molecule has 0 heterocycles. The number of anilines is 1. The Balaban J connectivity index is 2.77. The molecule has 2 N–H and O–H groups in total. The van der Waals surface area contributed by atoms with Crippen LogP contribution in [0.1, 0.15) is 17.3 Å². The average Bonchev–Trinajstić information content (AvgIpc) is 2.32. The molecule has 2 aromatic rings. The normalized spacial score (nSPS) is 10.2. The Morgan fingerprint density at radius 1 is 1.29 bits per heavy atom. The van der Waals surface area contributed by atoms with Gasteiger partial charge in [-0.1, -0.05) is 24.3 Å². The molecule has 0 aliphatic heterocycles. The number of fused-ring (bicyclic) bond motifs is 1. The van der Waals surface area contributed by atoms with E-state index in [1.807, 2.05) is 0 Å². The second-order valence-corrected chi connectivity index (χ2v) is 3.71. The summed E-state index contributed by atoms with van der Waals surface area (Å²) in [5.74, 6) is -0.289. The van der Waals surface area contributed by atoms with Gasteiger partial charge in [0.1, 0.15) is 5.75 Å². The van der Waals surface area contributed by atoms with Crippen molar-refractivity contribution in [2.75, 3.05) is 5.32 Å². The lowest BCUT2D eigenvalue weighted by Crippen LogP contribution is -2.06. The van der Waals surface area contributed by atoms with Gasteiger partial charge >= 0.3 is 0 Å². The molecule has 0 atom stereocenters. The SMILES string of the molecule is CC(=O)Nc1cc(C=O)c(O)c2ccccc12. The minimum absolute atomic E-state index is 0.0651. The second-order valence-electron chi connectivity index (χ2n) is 3.71. The molecule has 0 bridgehead atoms. The lowest BCUT2D eigenvalue weighted by Gasteiger charge is -2.10. The number of aromatic hydroxyl groups is 1. The quantitative estimate of drug-likeness (QED) is 0.613. The molecule has 4 heteroatoms. The fraction of sp³-hybridized carbons (Fsp3) is 0.0769. The Labute approximate surface area is 97.9 Å². The van der Waals surface area contributed by atoms with Crippen LogP contribution in [0.15, 0.2) is 30.3 Å². The number of benzene rings is 2. The van der Waals surface area contributed by atoms with E-state index in [2.05, 4.69) is 5.32 Å². The first kappa shape index (κ1) is 11.1. The van der Waals surface area contributed by atoms with E-state index in [4.69, 9.17) is 0 Å². The number of nitrogens with one attached hydrogen (secondary N) is 1. The van der Waals surface area contributed by atoms with Crippen molar-refractivity contribution in [3.8, 4) is 5.75 Å². The zero-order valence-corrected chi connectivity index (χ0v) is 9.23. The summed E-state index contributed by atoms with van der Waals surface area (Å²) in [4.78, 5) is 21.9. The molecule has 0 fully saturated rings. The summed E-state index contributed by atoms with van der Waals surface area (Å²) in [6.45, 7) is 1.39.